The van der Waals surface area contributed by atoms with Crippen LogP contribution in [0.5, 0.6) is 0 Å². The van der Waals surface area contributed by atoms with Crippen LogP contribution in [0.25, 0.3) is 5.95 Å². The molecule has 0 aliphatic carbocycles. The van der Waals surface area contributed by atoms with Crippen molar-refractivity contribution in [1.82, 2.24) is 24.7 Å². The van der Waals surface area contributed by atoms with Gasteiger partial charge in [-0.05, 0) is 18.2 Å². The van der Waals surface area contributed by atoms with Gasteiger partial charge in [-0.25, -0.2) is 4.68 Å². The molecule has 2 N–H and O–H groups in total. The smallest absolute Gasteiger partial charge is 0.257 e. The van der Waals surface area contributed by atoms with Crippen molar-refractivity contribution in [3.05, 3.63) is 39.8 Å². The van der Waals surface area contributed by atoms with Crippen molar-refractivity contribution >= 4 is 34.8 Å². The van der Waals surface area contributed by atoms with Gasteiger partial charge in [0, 0.05) is 24.3 Å². The third-order valence-electron chi connectivity index (χ3n) is 2.61. The minimum absolute atomic E-state index is 0.450. The second-order valence-electron chi connectivity index (χ2n) is 4.04. The summed E-state index contributed by atoms with van der Waals surface area (Å²) in [5.74, 6) is 1.40. The van der Waals surface area contributed by atoms with E-state index in [-0.39, 0.29) is 0 Å². The third kappa shape index (κ3) is 3.29. The quantitative estimate of drug-likeness (QED) is 0.751. The fraction of sp³-hybridized carbons (Fsp3) is 0.167. The lowest BCUT2D eigenvalue weighted by Crippen LogP contribution is -2.11. The number of nitrogens with one attached hydrogen (secondary N) is 2. The maximum atomic E-state index is 5.91. The maximum Gasteiger partial charge on any atom is 0.257 e. The Labute approximate surface area is 130 Å². The molecule has 0 bridgehead atoms. The number of hydrogen-bond acceptors (Lipinski definition) is 7. The van der Waals surface area contributed by atoms with E-state index in [1.54, 1.807) is 24.1 Å². The fourth-order valence-electron chi connectivity index (χ4n) is 1.66. The SMILES string of the molecule is CNc1nc(NCc2ccc(Cl)s2)nc(-n2cccn2)n1. The predicted molar refractivity (Wildman–Crippen MR) is 83.2 cm³/mol. The van der Waals surface area contributed by atoms with Crippen LogP contribution in [0.3, 0.4) is 0 Å². The summed E-state index contributed by atoms with van der Waals surface area (Å²) in [5, 5.41) is 10.2. The molecule has 0 aliphatic heterocycles. The van der Waals surface area contributed by atoms with Crippen molar-refractivity contribution in [3.63, 3.8) is 0 Å². The van der Waals surface area contributed by atoms with Crippen LogP contribution in [-0.4, -0.2) is 31.8 Å². The van der Waals surface area contributed by atoms with E-state index >= 15 is 0 Å². The first kappa shape index (κ1) is 13.8. The third-order valence-corrected chi connectivity index (χ3v) is 3.84. The average molecular weight is 322 g/mol. The van der Waals surface area contributed by atoms with Crippen LogP contribution >= 0.6 is 22.9 Å². The number of nitrogens with zero attached hydrogens (tertiary/aromatic N) is 5. The van der Waals surface area contributed by atoms with Gasteiger partial charge in [0.1, 0.15) is 0 Å². The highest BCUT2D eigenvalue weighted by atomic mass is 35.5. The van der Waals surface area contributed by atoms with Crippen LogP contribution < -0.4 is 10.6 Å². The second-order valence-corrected chi connectivity index (χ2v) is 5.84. The number of halogens is 1. The van der Waals surface area contributed by atoms with Crippen LogP contribution in [0.1, 0.15) is 4.88 Å². The summed E-state index contributed by atoms with van der Waals surface area (Å²) in [6.45, 7) is 0.600. The molecule has 0 unspecified atom stereocenters. The summed E-state index contributed by atoms with van der Waals surface area (Å²) in [5.41, 5.74) is 0. The molecule has 7 nitrogen and oxygen atoms in total. The summed E-state index contributed by atoms with van der Waals surface area (Å²) in [6.07, 6.45) is 3.45. The lowest BCUT2D eigenvalue weighted by Gasteiger charge is -2.07. The summed E-state index contributed by atoms with van der Waals surface area (Å²) in [4.78, 5) is 14.0. The number of anilines is 2. The molecule has 0 saturated carbocycles. The largest absolute Gasteiger partial charge is 0.357 e. The summed E-state index contributed by atoms with van der Waals surface area (Å²) in [6, 6.07) is 5.64. The van der Waals surface area contributed by atoms with Gasteiger partial charge in [0.25, 0.3) is 5.95 Å². The standard InChI is InChI=1S/C12H12ClN7S/c1-14-10-17-11(15-7-8-3-4-9(13)21-8)19-12(18-10)20-6-2-5-16-20/h2-6H,7H2,1H3,(H2,14,15,17,18,19). The molecule has 108 valence electrons. The molecule has 0 atom stereocenters. The van der Waals surface area contributed by atoms with Gasteiger partial charge >= 0.3 is 0 Å². The van der Waals surface area contributed by atoms with Gasteiger partial charge in [-0.15, -0.1) is 11.3 Å². The molecule has 9 heteroatoms. The maximum absolute atomic E-state index is 5.91. The minimum atomic E-state index is 0.450. The monoisotopic (exact) mass is 321 g/mol. The van der Waals surface area contributed by atoms with Gasteiger partial charge in [0.2, 0.25) is 11.9 Å². The Morgan fingerprint density at radius 3 is 2.76 bits per heavy atom. The zero-order chi connectivity index (χ0) is 14.7. The molecule has 0 aliphatic rings. The van der Waals surface area contributed by atoms with Crippen molar-refractivity contribution in [2.24, 2.45) is 0 Å². The van der Waals surface area contributed by atoms with E-state index in [1.165, 1.54) is 11.3 Å². The average Bonchev–Trinajstić information content (AvgIpc) is 3.16. The highest BCUT2D eigenvalue weighted by Crippen LogP contribution is 2.22. The van der Waals surface area contributed by atoms with Gasteiger partial charge in [0.05, 0.1) is 10.9 Å². The van der Waals surface area contributed by atoms with E-state index in [1.807, 2.05) is 18.2 Å². The van der Waals surface area contributed by atoms with Gasteiger partial charge in [0.15, 0.2) is 0 Å². The number of aromatic nitrogens is 5. The van der Waals surface area contributed by atoms with Crippen molar-refractivity contribution in [1.29, 1.82) is 0 Å². The molecular weight excluding hydrogens is 310 g/mol. The predicted octanol–water partition coefficient (Wildman–Crippen LogP) is 2.43. The first-order chi connectivity index (χ1) is 10.2. The highest BCUT2D eigenvalue weighted by Gasteiger charge is 2.08. The minimum Gasteiger partial charge on any atom is -0.357 e. The Hall–Kier alpha value is -2.19. The first-order valence-corrected chi connectivity index (χ1v) is 7.36. The van der Waals surface area contributed by atoms with Crippen LogP contribution in [0, 0.1) is 0 Å². The molecule has 0 fully saturated rings. The molecule has 0 amide bonds. The summed E-state index contributed by atoms with van der Waals surface area (Å²) < 4.78 is 2.34. The van der Waals surface area contributed by atoms with E-state index in [0.29, 0.717) is 24.4 Å². The number of thiophene rings is 1. The molecule has 21 heavy (non-hydrogen) atoms. The molecule has 3 heterocycles. The van der Waals surface area contributed by atoms with Crippen molar-refractivity contribution in [2.45, 2.75) is 6.54 Å². The highest BCUT2D eigenvalue weighted by molar-refractivity contribution is 7.16. The van der Waals surface area contributed by atoms with Crippen LogP contribution in [0.2, 0.25) is 4.34 Å². The Balaban J connectivity index is 1.82. The van der Waals surface area contributed by atoms with Gasteiger partial charge < -0.3 is 10.6 Å². The Bertz CT molecular complexity index is 725. The van der Waals surface area contributed by atoms with Crippen LogP contribution in [0.4, 0.5) is 11.9 Å². The molecule has 3 rings (SSSR count). The molecule has 3 aromatic heterocycles. The van der Waals surface area contributed by atoms with E-state index in [4.69, 9.17) is 11.6 Å². The molecular formula is C12H12ClN7S. The number of hydrogen-bond donors (Lipinski definition) is 2. The number of rotatable bonds is 5. The Morgan fingerprint density at radius 1 is 1.24 bits per heavy atom. The second kappa shape index (κ2) is 6.06. The molecule has 3 aromatic rings. The molecule has 0 saturated heterocycles. The van der Waals surface area contributed by atoms with E-state index in [0.717, 1.165) is 9.21 Å². The topological polar surface area (TPSA) is 80.5 Å². The first-order valence-electron chi connectivity index (χ1n) is 6.16. The zero-order valence-electron chi connectivity index (χ0n) is 11.1. The Morgan fingerprint density at radius 2 is 2.10 bits per heavy atom. The molecule has 0 spiro atoms. The van der Waals surface area contributed by atoms with Crippen molar-refractivity contribution < 1.29 is 0 Å². The lowest BCUT2D eigenvalue weighted by molar-refractivity contribution is 0.797. The zero-order valence-corrected chi connectivity index (χ0v) is 12.7. The van der Waals surface area contributed by atoms with Gasteiger partial charge in [-0.1, -0.05) is 11.6 Å². The van der Waals surface area contributed by atoms with Crippen LogP contribution in [0.15, 0.2) is 30.6 Å². The van der Waals surface area contributed by atoms with E-state index < -0.39 is 0 Å². The Kier molecular flexibility index (Phi) is 3.98. The van der Waals surface area contributed by atoms with Crippen LogP contribution in [-0.2, 0) is 6.54 Å². The van der Waals surface area contributed by atoms with E-state index in [9.17, 15) is 0 Å². The normalized spacial score (nSPS) is 10.6. The fourth-order valence-corrected chi connectivity index (χ4v) is 2.69. The van der Waals surface area contributed by atoms with Gasteiger partial charge in [-0.3, -0.25) is 0 Å². The molecule has 0 aromatic carbocycles. The van der Waals surface area contributed by atoms with Crippen molar-refractivity contribution in [3.8, 4) is 5.95 Å². The lowest BCUT2D eigenvalue weighted by atomic mass is 10.5. The van der Waals surface area contributed by atoms with Crippen molar-refractivity contribution in [2.75, 3.05) is 17.7 Å². The van der Waals surface area contributed by atoms with E-state index in [2.05, 4.69) is 30.7 Å². The summed E-state index contributed by atoms with van der Waals surface area (Å²) in [7, 11) is 1.75. The molecule has 0 radical (unpaired) electrons. The van der Waals surface area contributed by atoms with Gasteiger partial charge in [-0.2, -0.15) is 20.1 Å². The summed E-state index contributed by atoms with van der Waals surface area (Å²) >= 11 is 7.43.